The number of carbonyl (C=O) groups is 1. The maximum Gasteiger partial charge on any atom is 0.324 e. The molecule has 0 aliphatic heterocycles. The largest absolute Gasteiger partial charge is 0.350 e. The predicted octanol–water partition coefficient (Wildman–Crippen LogP) is 2.05. The van der Waals surface area contributed by atoms with Crippen LogP contribution in [0.15, 0.2) is 11.4 Å². The topological polar surface area (TPSA) is 84.3 Å². The Kier molecular flexibility index (Phi) is 5.02. The highest BCUT2D eigenvalue weighted by atomic mass is 32.1. The molecular formula is C12H19N3O3S. The molecule has 0 spiro atoms. The van der Waals surface area contributed by atoms with Gasteiger partial charge in [-0.3, -0.25) is 14.9 Å². The number of nitro groups is 1. The van der Waals surface area contributed by atoms with Crippen molar-refractivity contribution < 1.29 is 9.72 Å². The Morgan fingerprint density at radius 1 is 1.53 bits per heavy atom. The number of nitrogens with zero attached hydrogens (tertiary/aromatic N) is 1. The molecule has 0 bridgehead atoms. The van der Waals surface area contributed by atoms with Gasteiger partial charge in [-0.1, -0.05) is 11.3 Å². The SMILES string of the molecule is CC(NCc1csc([N+](=O)[O-])c1)C(=O)NC(C)(C)C. The first kappa shape index (κ1) is 15.6. The highest BCUT2D eigenvalue weighted by Crippen LogP contribution is 2.22. The van der Waals surface area contributed by atoms with Crippen molar-refractivity contribution in [2.24, 2.45) is 0 Å². The van der Waals surface area contributed by atoms with Crippen LogP contribution in [0.3, 0.4) is 0 Å². The summed E-state index contributed by atoms with van der Waals surface area (Å²) in [6, 6.07) is 1.17. The fourth-order valence-electron chi connectivity index (χ4n) is 1.39. The lowest BCUT2D eigenvalue weighted by molar-refractivity contribution is -0.380. The second-order valence-electron chi connectivity index (χ2n) is 5.39. The quantitative estimate of drug-likeness (QED) is 0.640. The van der Waals surface area contributed by atoms with E-state index in [-0.39, 0.29) is 22.5 Å². The van der Waals surface area contributed by atoms with Crippen LogP contribution < -0.4 is 10.6 Å². The number of rotatable bonds is 5. The second-order valence-corrected chi connectivity index (χ2v) is 6.28. The summed E-state index contributed by atoms with van der Waals surface area (Å²) in [5.41, 5.74) is 0.542. The van der Waals surface area contributed by atoms with Crippen molar-refractivity contribution in [3.63, 3.8) is 0 Å². The first-order valence-electron chi connectivity index (χ1n) is 5.96. The van der Waals surface area contributed by atoms with Gasteiger partial charge in [0.05, 0.1) is 11.0 Å². The van der Waals surface area contributed by atoms with Crippen LogP contribution in [0.5, 0.6) is 0 Å². The fraction of sp³-hybridized carbons (Fsp3) is 0.583. The standard InChI is InChI=1S/C12H19N3O3S/c1-8(11(16)14-12(2,3)4)13-6-9-5-10(15(17)18)19-7-9/h5,7-8,13H,6H2,1-4H3,(H,14,16). The Morgan fingerprint density at radius 3 is 2.63 bits per heavy atom. The number of nitrogens with one attached hydrogen (secondary N) is 2. The molecule has 1 aromatic rings. The van der Waals surface area contributed by atoms with E-state index in [1.54, 1.807) is 12.3 Å². The number of thiophene rings is 1. The van der Waals surface area contributed by atoms with Gasteiger partial charge in [0, 0.05) is 23.5 Å². The first-order chi connectivity index (χ1) is 8.69. The van der Waals surface area contributed by atoms with Gasteiger partial charge in [0.15, 0.2) is 0 Å². The van der Waals surface area contributed by atoms with E-state index < -0.39 is 4.92 Å². The van der Waals surface area contributed by atoms with Crippen LogP contribution in [0.4, 0.5) is 5.00 Å². The monoisotopic (exact) mass is 285 g/mol. The average Bonchev–Trinajstić information content (AvgIpc) is 2.72. The Balaban J connectivity index is 2.47. The van der Waals surface area contributed by atoms with Gasteiger partial charge in [-0.05, 0) is 33.3 Å². The number of carbonyl (C=O) groups excluding carboxylic acids is 1. The van der Waals surface area contributed by atoms with Crippen LogP contribution in [0.1, 0.15) is 33.3 Å². The zero-order valence-corrected chi connectivity index (χ0v) is 12.3. The van der Waals surface area contributed by atoms with E-state index in [1.165, 1.54) is 6.07 Å². The number of amides is 1. The van der Waals surface area contributed by atoms with Gasteiger partial charge in [-0.25, -0.2) is 0 Å². The van der Waals surface area contributed by atoms with Crippen molar-refractivity contribution in [3.05, 3.63) is 27.1 Å². The van der Waals surface area contributed by atoms with Gasteiger partial charge < -0.3 is 10.6 Å². The molecule has 1 heterocycles. The van der Waals surface area contributed by atoms with Gasteiger partial charge in [0.1, 0.15) is 0 Å². The lowest BCUT2D eigenvalue weighted by Gasteiger charge is -2.23. The molecule has 0 aromatic carbocycles. The molecule has 0 saturated heterocycles. The molecule has 0 fully saturated rings. The maximum absolute atomic E-state index is 11.8. The van der Waals surface area contributed by atoms with E-state index in [1.807, 2.05) is 20.8 Å². The smallest absolute Gasteiger partial charge is 0.324 e. The molecule has 1 amide bonds. The summed E-state index contributed by atoms with van der Waals surface area (Å²) < 4.78 is 0. The van der Waals surface area contributed by atoms with Gasteiger partial charge in [-0.2, -0.15) is 0 Å². The van der Waals surface area contributed by atoms with Crippen molar-refractivity contribution in [2.45, 2.75) is 45.8 Å². The Bertz CT molecular complexity index is 465. The zero-order valence-electron chi connectivity index (χ0n) is 11.5. The van der Waals surface area contributed by atoms with E-state index in [0.717, 1.165) is 16.9 Å². The van der Waals surface area contributed by atoms with Crippen LogP contribution >= 0.6 is 11.3 Å². The lowest BCUT2D eigenvalue weighted by Crippen LogP contribution is -2.49. The van der Waals surface area contributed by atoms with Gasteiger partial charge in [0.2, 0.25) is 5.91 Å². The van der Waals surface area contributed by atoms with Crippen LogP contribution in [0.2, 0.25) is 0 Å². The Hall–Kier alpha value is -1.47. The van der Waals surface area contributed by atoms with Crippen molar-refractivity contribution in [1.29, 1.82) is 0 Å². The van der Waals surface area contributed by atoms with E-state index >= 15 is 0 Å². The zero-order chi connectivity index (χ0) is 14.6. The third-order valence-electron chi connectivity index (χ3n) is 2.32. The lowest BCUT2D eigenvalue weighted by atomic mass is 10.1. The summed E-state index contributed by atoms with van der Waals surface area (Å²) in [5, 5.41) is 18.3. The summed E-state index contributed by atoms with van der Waals surface area (Å²) >= 11 is 1.09. The number of hydrogen-bond acceptors (Lipinski definition) is 5. The van der Waals surface area contributed by atoms with Crippen molar-refractivity contribution in [1.82, 2.24) is 10.6 Å². The molecule has 1 aromatic heterocycles. The molecule has 1 unspecified atom stereocenters. The Morgan fingerprint density at radius 2 is 2.16 bits per heavy atom. The van der Waals surface area contributed by atoms with Gasteiger partial charge in [0.25, 0.3) is 0 Å². The van der Waals surface area contributed by atoms with Crippen molar-refractivity contribution in [2.75, 3.05) is 0 Å². The van der Waals surface area contributed by atoms with Crippen LogP contribution in [-0.4, -0.2) is 22.4 Å². The molecule has 1 atom stereocenters. The highest BCUT2D eigenvalue weighted by molar-refractivity contribution is 7.13. The molecule has 1 rings (SSSR count). The molecule has 19 heavy (non-hydrogen) atoms. The summed E-state index contributed by atoms with van der Waals surface area (Å²) in [5.74, 6) is -0.0859. The second kappa shape index (κ2) is 6.12. The summed E-state index contributed by atoms with van der Waals surface area (Å²) in [7, 11) is 0. The maximum atomic E-state index is 11.8. The molecule has 0 radical (unpaired) electrons. The molecule has 0 saturated carbocycles. The minimum Gasteiger partial charge on any atom is -0.350 e. The van der Waals surface area contributed by atoms with Crippen LogP contribution in [0, 0.1) is 10.1 Å². The molecule has 6 nitrogen and oxygen atoms in total. The molecule has 0 aliphatic carbocycles. The van der Waals surface area contributed by atoms with E-state index in [4.69, 9.17) is 0 Å². The van der Waals surface area contributed by atoms with E-state index in [9.17, 15) is 14.9 Å². The molecule has 2 N–H and O–H groups in total. The summed E-state index contributed by atoms with van der Waals surface area (Å²) in [6.45, 7) is 7.95. The van der Waals surface area contributed by atoms with Crippen LogP contribution in [0.25, 0.3) is 0 Å². The van der Waals surface area contributed by atoms with Crippen molar-refractivity contribution in [3.8, 4) is 0 Å². The average molecular weight is 285 g/mol. The first-order valence-corrected chi connectivity index (χ1v) is 6.84. The van der Waals surface area contributed by atoms with Gasteiger partial charge in [-0.15, -0.1) is 0 Å². The Labute approximate surface area is 116 Å². The summed E-state index contributed by atoms with van der Waals surface area (Å²) in [6.07, 6.45) is 0. The van der Waals surface area contributed by atoms with E-state index in [0.29, 0.717) is 6.54 Å². The van der Waals surface area contributed by atoms with Gasteiger partial charge >= 0.3 is 5.00 Å². The highest BCUT2D eigenvalue weighted by Gasteiger charge is 2.19. The third kappa shape index (κ3) is 5.35. The van der Waals surface area contributed by atoms with Crippen LogP contribution in [-0.2, 0) is 11.3 Å². The molecule has 7 heteroatoms. The normalized spacial score (nSPS) is 13.1. The molecule has 106 valence electrons. The molecular weight excluding hydrogens is 266 g/mol. The summed E-state index contributed by atoms with van der Waals surface area (Å²) in [4.78, 5) is 22.0. The minimum atomic E-state index is -0.413. The number of hydrogen-bond donors (Lipinski definition) is 2. The van der Waals surface area contributed by atoms with Crippen molar-refractivity contribution >= 4 is 22.2 Å². The third-order valence-corrected chi connectivity index (χ3v) is 3.25. The molecule has 0 aliphatic rings. The minimum absolute atomic E-state index is 0.0859. The van der Waals surface area contributed by atoms with E-state index in [2.05, 4.69) is 10.6 Å². The fourth-order valence-corrected chi connectivity index (χ4v) is 2.12. The predicted molar refractivity (Wildman–Crippen MR) is 75.2 cm³/mol.